The van der Waals surface area contributed by atoms with Crippen molar-refractivity contribution >= 4 is 11.8 Å². The molecule has 0 bridgehead atoms. The molecule has 1 aromatic carbocycles. The second-order valence-electron chi connectivity index (χ2n) is 5.09. The SMILES string of the molecule is COc1ccc(OCCNC(=O)CNC(=O)C2CCCO2)cc1. The molecule has 2 rings (SSSR count). The molecule has 0 aliphatic carbocycles. The van der Waals surface area contributed by atoms with E-state index in [4.69, 9.17) is 14.2 Å². The summed E-state index contributed by atoms with van der Waals surface area (Å²) in [5.41, 5.74) is 0. The van der Waals surface area contributed by atoms with Gasteiger partial charge in [-0.1, -0.05) is 0 Å². The fraction of sp³-hybridized carbons (Fsp3) is 0.500. The number of hydrogen-bond donors (Lipinski definition) is 2. The average Bonchev–Trinajstić information content (AvgIpc) is 3.12. The lowest BCUT2D eigenvalue weighted by molar-refractivity contribution is -0.132. The van der Waals surface area contributed by atoms with Gasteiger partial charge in [0.25, 0.3) is 0 Å². The van der Waals surface area contributed by atoms with E-state index in [0.717, 1.165) is 12.2 Å². The molecule has 23 heavy (non-hydrogen) atoms. The van der Waals surface area contributed by atoms with Crippen LogP contribution in [0, 0.1) is 0 Å². The van der Waals surface area contributed by atoms with Crippen LogP contribution in [0.25, 0.3) is 0 Å². The third-order valence-electron chi connectivity index (χ3n) is 3.40. The smallest absolute Gasteiger partial charge is 0.249 e. The van der Waals surface area contributed by atoms with Gasteiger partial charge < -0.3 is 24.8 Å². The summed E-state index contributed by atoms with van der Waals surface area (Å²) in [6, 6.07) is 7.19. The highest BCUT2D eigenvalue weighted by molar-refractivity contribution is 5.86. The largest absolute Gasteiger partial charge is 0.497 e. The molecule has 1 aliphatic heterocycles. The molecule has 1 saturated heterocycles. The summed E-state index contributed by atoms with van der Waals surface area (Å²) in [6.45, 7) is 1.26. The van der Waals surface area contributed by atoms with Crippen molar-refractivity contribution in [2.45, 2.75) is 18.9 Å². The first-order chi connectivity index (χ1) is 11.2. The van der Waals surface area contributed by atoms with Crippen LogP contribution in [0.15, 0.2) is 24.3 Å². The predicted molar refractivity (Wildman–Crippen MR) is 83.5 cm³/mol. The number of hydrogen-bond acceptors (Lipinski definition) is 5. The van der Waals surface area contributed by atoms with Crippen LogP contribution in [0.2, 0.25) is 0 Å². The van der Waals surface area contributed by atoms with Crippen molar-refractivity contribution in [1.82, 2.24) is 10.6 Å². The van der Waals surface area contributed by atoms with E-state index in [-0.39, 0.29) is 18.4 Å². The second-order valence-corrected chi connectivity index (χ2v) is 5.09. The molecule has 2 N–H and O–H groups in total. The average molecular weight is 322 g/mol. The van der Waals surface area contributed by atoms with E-state index in [1.807, 2.05) is 0 Å². The van der Waals surface area contributed by atoms with Gasteiger partial charge in [-0.15, -0.1) is 0 Å². The van der Waals surface area contributed by atoms with Crippen LogP contribution in [-0.4, -0.2) is 51.3 Å². The molecule has 1 aliphatic rings. The third kappa shape index (κ3) is 5.78. The summed E-state index contributed by atoms with van der Waals surface area (Å²) < 4.78 is 15.8. The third-order valence-corrected chi connectivity index (χ3v) is 3.40. The molecule has 7 heteroatoms. The number of nitrogens with one attached hydrogen (secondary N) is 2. The van der Waals surface area contributed by atoms with Crippen LogP contribution in [0.4, 0.5) is 0 Å². The fourth-order valence-electron chi connectivity index (χ4n) is 2.16. The molecule has 0 saturated carbocycles. The maximum atomic E-state index is 11.7. The second kappa shape index (κ2) is 8.99. The maximum absolute atomic E-state index is 11.7. The highest BCUT2D eigenvalue weighted by Gasteiger charge is 2.23. The van der Waals surface area contributed by atoms with Gasteiger partial charge in [-0.2, -0.15) is 0 Å². The van der Waals surface area contributed by atoms with Crippen molar-refractivity contribution in [3.63, 3.8) is 0 Å². The van der Waals surface area contributed by atoms with Crippen LogP contribution in [0.5, 0.6) is 11.5 Å². The van der Waals surface area contributed by atoms with Gasteiger partial charge in [0.2, 0.25) is 11.8 Å². The molecule has 1 fully saturated rings. The van der Waals surface area contributed by atoms with Gasteiger partial charge in [-0.3, -0.25) is 9.59 Å². The number of ether oxygens (including phenoxy) is 3. The van der Waals surface area contributed by atoms with Crippen molar-refractivity contribution in [2.24, 2.45) is 0 Å². The Bertz CT molecular complexity index is 512. The van der Waals surface area contributed by atoms with E-state index < -0.39 is 6.10 Å². The Balaban J connectivity index is 1.56. The summed E-state index contributed by atoms with van der Waals surface area (Å²) in [7, 11) is 1.60. The van der Waals surface area contributed by atoms with E-state index in [9.17, 15) is 9.59 Å². The highest BCUT2D eigenvalue weighted by Crippen LogP contribution is 2.16. The van der Waals surface area contributed by atoms with Gasteiger partial charge in [0.05, 0.1) is 20.2 Å². The predicted octanol–water partition coefficient (Wildman–Crippen LogP) is 0.485. The molecule has 0 aromatic heterocycles. The molecular weight excluding hydrogens is 300 g/mol. The van der Waals surface area contributed by atoms with Gasteiger partial charge in [-0.05, 0) is 37.1 Å². The molecule has 2 amide bonds. The van der Waals surface area contributed by atoms with Crippen LogP contribution in [0.3, 0.4) is 0 Å². The summed E-state index contributed by atoms with van der Waals surface area (Å²) in [5.74, 6) is 0.973. The number of benzene rings is 1. The minimum absolute atomic E-state index is 0.0543. The van der Waals surface area contributed by atoms with Crippen molar-refractivity contribution < 1.29 is 23.8 Å². The summed E-state index contributed by atoms with van der Waals surface area (Å²) in [6.07, 6.45) is 1.18. The first-order valence-electron chi connectivity index (χ1n) is 7.62. The minimum atomic E-state index is -0.416. The van der Waals surface area contributed by atoms with Crippen LogP contribution in [0.1, 0.15) is 12.8 Å². The normalized spacial score (nSPS) is 16.7. The van der Waals surface area contributed by atoms with Crippen molar-refractivity contribution in [3.05, 3.63) is 24.3 Å². The molecule has 1 unspecified atom stereocenters. The van der Waals surface area contributed by atoms with Crippen LogP contribution >= 0.6 is 0 Å². The Kier molecular flexibility index (Phi) is 6.68. The van der Waals surface area contributed by atoms with Gasteiger partial charge >= 0.3 is 0 Å². The molecule has 1 aromatic rings. The number of methoxy groups -OCH3 is 1. The Labute approximate surface area is 135 Å². The fourth-order valence-corrected chi connectivity index (χ4v) is 2.16. The standard InChI is InChI=1S/C16H22N2O5/c1-21-12-4-6-13(7-5-12)22-10-8-17-15(19)11-18-16(20)14-3-2-9-23-14/h4-7,14H,2-3,8-11H2,1H3,(H,17,19)(H,18,20). The Morgan fingerprint density at radius 3 is 2.61 bits per heavy atom. The minimum Gasteiger partial charge on any atom is -0.497 e. The molecule has 1 atom stereocenters. The zero-order valence-corrected chi connectivity index (χ0v) is 13.2. The lowest BCUT2D eigenvalue weighted by Crippen LogP contribution is -2.42. The maximum Gasteiger partial charge on any atom is 0.249 e. The molecular formula is C16H22N2O5. The van der Waals surface area contributed by atoms with Gasteiger partial charge in [0.15, 0.2) is 0 Å². The van der Waals surface area contributed by atoms with E-state index in [0.29, 0.717) is 31.9 Å². The topological polar surface area (TPSA) is 85.9 Å². The van der Waals surface area contributed by atoms with Crippen LogP contribution < -0.4 is 20.1 Å². The molecule has 1 heterocycles. The van der Waals surface area contributed by atoms with Gasteiger partial charge in [0.1, 0.15) is 24.2 Å². The quantitative estimate of drug-likeness (QED) is 0.680. The lowest BCUT2D eigenvalue weighted by Gasteiger charge is -2.11. The Morgan fingerprint density at radius 2 is 1.96 bits per heavy atom. The zero-order chi connectivity index (χ0) is 16.5. The molecule has 0 spiro atoms. The van der Waals surface area contributed by atoms with Crippen LogP contribution in [-0.2, 0) is 14.3 Å². The van der Waals surface area contributed by atoms with Gasteiger partial charge in [-0.25, -0.2) is 0 Å². The summed E-state index contributed by atoms with van der Waals surface area (Å²) in [4.78, 5) is 23.3. The summed E-state index contributed by atoms with van der Waals surface area (Å²) >= 11 is 0. The van der Waals surface area contributed by atoms with Crippen molar-refractivity contribution in [1.29, 1.82) is 0 Å². The first kappa shape index (κ1) is 17.1. The zero-order valence-electron chi connectivity index (χ0n) is 13.2. The van der Waals surface area contributed by atoms with Crippen molar-refractivity contribution in [3.8, 4) is 11.5 Å². The number of rotatable bonds is 8. The van der Waals surface area contributed by atoms with Gasteiger partial charge in [0, 0.05) is 6.61 Å². The Morgan fingerprint density at radius 1 is 1.22 bits per heavy atom. The number of amides is 2. The van der Waals surface area contributed by atoms with Crippen molar-refractivity contribution in [2.75, 3.05) is 33.4 Å². The Hall–Kier alpha value is -2.28. The summed E-state index contributed by atoms with van der Waals surface area (Å²) in [5, 5.41) is 5.24. The van der Waals surface area contributed by atoms with E-state index >= 15 is 0 Å². The first-order valence-corrected chi connectivity index (χ1v) is 7.62. The number of carbonyl (C=O) groups is 2. The van der Waals surface area contributed by atoms with E-state index in [2.05, 4.69) is 10.6 Å². The van der Waals surface area contributed by atoms with E-state index in [1.54, 1.807) is 31.4 Å². The molecule has 0 radical (unpaired) electrons. The lowest BCUT2D eigenvalue weighted by atomic mass is 10.2. The monoisotopic (exact) mass is 322 g/mol. The highest BCUT2D eigenvalue weighted by atomic mass is 16.5. The van der Waals surface area contributed by atoms with E-state index in [1.165, 1.54) is 0 Å². The molecule has 126 valence electrons. The number of carbonyl (C=O) groups excluding carboxylic acids is 2. The molecule has 7 nitrogen and oxygen atoms in total.